The van der Waals surface area contributed by atoms with Crippen LogP contribution in [0.15, 0.2) is 48.8 Å². The van der Waals surface area contributed by atoms with Crippen molar-refractivity contribution in [2.45, 2.75) is 0 Å². The number of aromatic nitrogens is 5. The molecule has 6 nitrogen and oxygen atoms in total. The van der Waals surface area contributed by atoms with E-state index in [1.807, 2.05) is 6.07 Å². The van der Waals surface area contributed by atoms with E-state index < -0.39 is 0 Å². The van der Waals surface area contributed by atoms with Crippen molar-refractivity contribution in [3.8, 4) is 23.2 Å². The summed E-state index contributed by atoms with van der Waals surface area (Å²) in [5, 5.41) is 0. The van der Waals surface area contributed by atoms with Gasteiger partial charge in [-0.2, -0.15) is 0 Å². The van der Waals surface area contributed by atoms with Gasteiger partial charge in [-0.3, -0.25) is 4.98 Å². The van der Waals surface area contributed by atoms with Gasteiger partial charge in [-0.25, -0.2) is 19.3 Å². The summed E-state index contributed by atoms with van der Waals surface area (Å²) >= 11 is 0. The molecule has 0 atom stereocenters. The molecule has 3 aromatic heterocycles. The number of hydrogen-bond donors (Lipinski definition) is 1. The van der Waals surface area contributed by atoms with Gasteiger partial charge in [-0.05, 0) is 30.2 Å². The van der Waals surface area contributed by atoms with E-state index in [4.69, 9.17) is 5.73 Å². The topological polar surface area (TPSA) is 82.5 Å². The predicted octanol–water partition coefficient (Wildman–Crippen LogP) is 2.55. The van der Waals surface area contributed by atoms with Crippen molar-refractivity contribution in [3.63, 3.8) is 0 Å². The standard InChI is InChI=1S/C19H13FN6/c1-26-18(13-5-2-6-14(20)10-13)25-16-17(21)23-15(24-19(16)26)8-7-12-4-3-9-22-11-12/h2-6,9-11H,1H3,(H2,21,23,24). The Morgan fingerprint density at radius 3 is 2.73 bits per heavy atom. The molecule has 2 N–H and O–H groups in total. The molecular weight excluding hydrogens is 331 g/mol. The number of aryl methyl sites for hydroxylation is 1. The van der Waals surface area contributed by atoms with Crippen LogP contribution in [0.5, 0.6) is 0 Å². The van der Waals surface area contributed by atoms with Crippen LogP contribution in [0.4, 0.5) is 10.2 Å². The summed E-state index contributed by atoms with van der Waals surface area (Å²) in [6.45, 7) is 0. The molecule has 0 saturated heterocycles. The molecule has 0 spiro atoms. The molecule has 0 radical (unpaired) electrons. The molecule has 3 heterocycles. The lowest BCUT2D eigenvalue weighted by atomic mass is 10.2. The molecule has 7 heteroatoms. The second-order valence-electron chi connectivity index (χ2n) is 5.60. The average molecular weight is 344 g/mol. The Labute approximate surface area is 148 Å². The first-order valence-electron chi connectivity index (χ1n) is 7.80. The third-order valence-electron chi connectivity index (χ3n) is 3.81. The zero-order chi connectivity index (χ0) is 18.1. The first-order valence-corrected chi connectivity index (χ1v) is 7.80. The molecular formula is C19H13FN6. The molecule has 4 rings (SSSR count). The molecule has 0 bridgehead atoms. The Hall–Kier alpha value is -3.79. The summed E-state index contributed by atoms with van der Waals surface area (Å²) < 4.78 is 15.3. The van der Waals surface area contributed by atoms with Crippen molar-refractivity contribution >= 4 is 17.0 Å². The van der Waals surface area contributed by atoms with Crippen LogP contribution in [-0.2, 0) is 7.05 Å². The third-order valence-corrected chi connectivity index (χ3v) is 3.81. The van der Waals surface area contributed by atoms with E-state index in [0.29, 0.717) is 22.6 Å². The molecule has 0 saturated carbocycles. The van der Waals surface area contributed by atoms with Crippen molar-refractivity contribution in [1.82, 2.24) is 24.5 Å². The van der Waals surface area contributed by atoms with Crippen LogP contribution in [0.25, 0.3) is 22.6 Å². The molecule has 0 aliphatic carbocycles. The van der Waals surface area contributed by atoms with Gasteiger partial charge < -0.3 is 10.3 Å². The lowest BCUT2D eigenvalue weighted by Crippen LogP contribution is -2.00. The summed E-state index contributed by atoms with van der Waals surface area (Å²) in [6, 6.07) is 9.84. The summed E-state index contributed by atoms with van der Waals surface area (Å²) in [7, 11) is 1.79. The van der Waals surface area contributed by atoms with Gasteiger partial charge in [0.25, 0.3) is 0 Å². The van der Waals surface area contributed by atoms with Crippen molar-refractivity contribution in [1.29, 1.82) is 0 Å². The van der Waals surface area contributed by atoms with Crippen LogP contribution in [0.2, 0.25) is 0 Å². The number of fused-ring (bicyclic) bond motifs is 1. The minimum atomic E-state index is -0.336. The molecule has 1 aromatic carbocycles. The van der Waals surface area contributed by atoms with Gasteiger partial charge in [0.05, 0.1) is 0 Å². The average Bonchev–Trinajstić information content (AvgIpc) is 2.98. The van der Waals surface area contributed by atoms with Crippen molar-refractivity contribution in [2.24, 2.45) is 7.05 Å². The highest BCUT2D eigenvalue weighted by molar-refractivity contribution is 5.85. The van der Waals surface area contributed by atoms with E-state index >= 15 is 0 Å². The molecule has 0 amide bonds. The van der Waals surface area contributed by atoms with Crippen molar-refractivity contribution in [3.05, 3.63) is 66.0 Å². The van der Waals surface area contributed by atoms with Crippen LogP contribution >= 0.6 is 0 Å². The smallest absolute Gasteiger partial charge is 0.209 e. The number of anilines is 1. The SMILES string of the molecule is Cn1c(-c2cccc(F)c2)nc2c(N)nc(C#Cc3cccnc3)nc21. The van der Waals surface area contributed by atoms with Crippen molar-refractivity contribution < 1.29 is 4.39 Å². The normalized spacial score (nSPS) is 10.5. The van der Waals surface area contributed by atoms with E-state index in [-0.39, 0.29) is 17.5 Å². The molecule has 0 fully saturated rings. The van der Waals surface area contributed by atoms with Crippen LogP contribution in [0.3, 0.4) is 0 Å². The number of nitrogen functional groups attached to an aromatic ring is 1. The molecule has 0 aliphatic heterocycles. The number of benzene rings is 1. The zero-order valence-corrected chi connectivity index (χ0v) is 13.8. The molecule has 4 aromatic rings. The number of pyridine rings is 1. The Balaban J connectivity index is 1.83. The number of halogens is 1. The lowest BCUT2D eigenvalue weighted by molar-refractivity contribution is 0.628. The predicted molar refractivity (Wildman–Crippen MR) is 96.3 cm³/mol. The van der Waals surface area contributed by atoms with Gasteiger partial charge in [0.2, 0.25) is 5.82 Å². The molecule has 26 heavy (non-hydrogen) atoms. The first-order chi connectivity index (χ1) is 12.6. The Kier molecular flexibility index (Phi) is 3.78. The monoisotopic (exact) mass is 344 g/mol. The highest BCUT2D eigenvalue weighted by Crippen LogP contribution is 2.25. The van der Waals surface area contributed by atoms with Gasteiger partial charge in [0, 0.05) is 30.6 Å². The number of imidazole rings is 1. The summed E-state index contributed by atoms with van der Waals surface area (Å²) in [5.41, 5.74) is 8.41. The number of nitrogens with zero attached hydrogens (tertiary/aromatic N) is 5. The van der Waals surface area contributed by atoms with Crippen LogP contribution in [0, 0.1) is 17.7 Å². The lowest BCUT2D eigenvalue weighted by Gasteiger charge is -2.02. The van der Waals surface area contributed by atoms with E-state index in [1.165, 1.54) is 12.1 Å². The minimum Gasteiger partial charge on any atom is -0.382 e. The van der Waals surface area contributed by atoms with E-state index in [9.17, 15) is 4.39 Å². The van der Waals surface area contributed by atoms with Crippen LogP contribution in [0.1, 0.15) is 11.4 Å². The number of rotatable bonds is 1. The number of hydrogen-bond acceptors (Lipinski definition) is 5. The van der Waals surface area contributed by atoms with Gasteiger partial charge >= 0.3 is 0 Å². The fraction of sp³-hybridized carbons (Fsp3) is 0.0526. The molecule has 0 unspecified atom stereocenters. The Bertz CT molecular complexity index is 1170. The number of nitrogens with two attached hydrogens (primary N) is 1. The van der Waals surface area contributed by atoms with E-state index in [0.717, 1.165) is 5.56 Å². The van der Waals surface area contributed by atoms with Gasteiger partial charge in [-0.15, -0.1) is 0 Å². The highest BCUT2D eigenvalue weighted by Gasteiger charge is 2.15. The van der Waals surface area contributed by atoms with Gasteiger partial charge in [0.1, 0.15) is 11.6 Å². The second-order valence-corrected chi connectivity index (χ2v) is 5.60. The Morgan fingerprint density at radius 2 is 1.96 bits per heavy atom. The summed E-state index contributed by atoms with van der Waals surface area (Å²) in [5.74, 6) is 6.56. The fourth-order valence-electron chi connectivity index (χ4n) is 2.59. The largest absolute Gasteiger partial charge is 0.382 e. The van der Waals surface area contributed by atoms with E-state index in [1.54, 1.807) is 42.2 Å². The summed E-state index contributed by atoms with van der Waals surface area (Å²) in [4.78, 5) is 17.1. The third kappa shape index (κ3) is 2.84. The fourth-order valence-corrected chi connectivity index (χ4v) is 2.59. The van der Waals surface area contributed by atoms with Crippen molar-refractivity contribution in [2.75, 3.05) is 5.73 Å². The van der Waals surface area contributed by atoms with Crippen LogP contribution in [-0.4, -0.2) is 24.5 Å². The summed E-state index contributed by atoms with van der Waals surface area (Å²) in [6.07, 6.45) is 3.33. The van der Waals surface area contributed by atoms with E-state index in [2.05, 4.69) is 31.8 Å². The van der Waals surface area contributed by atoms with Gasteiger partial charge in [0.15, 0.2) is 17.0 Å². The van der Waals surface area contributed by atoms with Crippen LogP contribution < -0.4 is 5.73 Å². The quantitative estimate of drug-likeness (QED) is 0.537. The van der Waals surface area contributed by atoms with Gasteiger partial charge in [-0.1, -0.05) is 18.1 Å². The highest BCUT2D eigenvalue weighted by atomic mass is 19.1. The maximum absolute atomic E-state index is 13.5. The zero-order valence-electron chi connectivity index (χ0n) is 13.8. The maximum Gasteiger partial charge on any atom is 0.209 e. The minimum absolute atomic E-state index is 0.226. The molecule has 126 valence electrons. The first kappa shape index (κ1) is 15.7. The maximum atomic E-state index is 13.5. The Morgan fingerprint density at radius 1 is 1.08 bits per heavy atom. The molecule has 0 aliphatic rings. The second kappa shape index (κ2) is 6.26.